The third-order valence-electron chi connectivity index (χ3n) is 3.58. The number of aromatic nitrogens is 5. The average Bonchev–Trinajstić information content (AvgIpc) is 3.48. The minimum Gasteiger partial charge on any atom is -0.464 e. The van der Waals surface area contributed by atoms with Gasteiger partial charge in [0.1, 0.15) is 16.7 Å². The number of ether oxygens (including phenoxy) is 1. The zero-order valence-corrected chi connectivity index (χ0v) is 18.2. The molecule has 2 aromatic heterocycles. The Labute approximate surface area is 179 Å². The zero-order valence-electron chi connectivity index (χ0n) is 16.7. The highest BCUT2D eigenvalue weighted by Crippen LogP contribution is 2.39. The smallest absolute Gasteiger partial charge is 0.358 e. The molecule has 4 N–H and O–H groups in total. The molecule has 10 nitrogen and oxygen atoms in total. The van der Waals surface area contributed by atoms with Crippen LogP contribution in [0.4, 0.5) is 17.7 Å². The van der Waals surface area contributed by atoms with Crippen LogP contribution in [0.15, 0.2) is 0 Å². The van der Waals surface area contributed by atoms with Crippen molar-refractivity contribution in [3.8, 4) is 0 Å². The minimum absolute atomic E-state index is 0.0496. The van der Waals surface area contributed by atoms with Crippen LogP contribution in [0.2, 0.25) is 10.3 Å². The van der Waals surface area contributed by atoms with Gasteiger partial charge in [0.15, 0.2) is 5.69 Å². The van der Waals surface area contributed by atoms with Crippen molar-refractivity contribution < 1.29 is 9.53 Å². The summed E-state index contributed by atoms with van der Waals surface area (Å²) in [6.45, 7) is 6.73. The van der Waals surface area contributed by atoms with Gasteiger partial charge in [-0.3, -0.25) is 0 Å². The molecular weight excluding hydrogens is 419 g/mol. The van der Waals surface area contributed by atoms with Gasteiger partial charge in [-0.25, -0.2) is 14.8 Å². The Kier molecular flexibility index (Phi) is 8.15. The molecule has 2 aromatic rings. The molecule has 0 aromatic carbocycles. The van der Waals surface area contributed by atoms with Crippen molar-refractivity contribution in [1.82, 2.24) is 24.9 Å². The maximum absolute atomic E-state index is 11.3. The standard InChI is InChI=1S/C9H10ClN3O2.C8H14ClN5/c1-15-9(14)6-5(10)7(11)13-8(12-6)4-2-3-4;1-4-10-7-12-6(9)13-8(14-7)11-5(2)3/h4H,2-3H2,1H3,(H2,11,12,13);5H,4H2,1-3H3,(H2,10,11,12,13,14). The molecule has 0 bridgehead atoms. The first-order valence-electron chi connectivity index (χ1n) is 9.08. The van der Waals surface area contributed by atoms with Gasteiger partial charge in [-0.1, -0.05) is 11.6 Å². The van der Waals surface area contributed by atoms with Crippen molar-refractivity contribution in [2.75, 3.05) is 30.0 Å². The fourth-order valence-electron chi connectivity index (χ4n) is 2.15. The molecule has 1 saturated carbocycles. The van der Waals surface area contributed by atoms with Gasteiger partial charge >= 0.3 is 5.97 Å². The SMILES string of the molecule is CCNc1nc(Cl)nc(NC(C)C)n1.COC(=O)c1nc(C2CC2)nc(N)c1Cl. The summed E-state index contributed by atoms with van der Waals surface area (Å²) in [5, 5.41) is 6.29. The number of nitrogen functional groups attached to an aromatic ring is 1. The van der Waals surface area contributed by atoms with E-state index in [0.29, 0.717) is 23.6 Å². The van der Waals surface area contributed by atoms with Gasteiger partial charge < -0.3 is 21.1 Å². The maximum atomic E-state index is 11.3. The molecule has 0 saturated heterocycles. The third-order valence-corrected chi connectivity index (χ3v) is 4.12. The van der Waals surface area contributed by atoms with Gasteiger partial charge in [-0.05, 0) is 45.2 Å². The van der Waals surface area contributed by atoms with Crippen LogP contribution in [-0.4, -0.2) is 50.6 Å². The van der Waals surface area contributed by atoms with E-state index in [4.69, 9.17) is 28.9 Å². The maximum Gasteiger partial charge on any atom is 0.358 e. The summed E-state index contributed by atoms with van der Waals surface area (Å²) < 4.78 is 4.56. The molecule has 0 amide bonds. The van der Waals surface area contributed by atoms with Crippen molar-refractivity contribution >= 4 is 46.9 Å². The Balaban J connectivity index is 0.000000208. The van der Waals surface area contributed by atoms with Crippen molar-refractivity contribution in [3.63, 3.8) is 0 Å². The molecule has 0 atom stereocenters. The Hall–Kier alpha value is -2.46. The molecule has 1 aliphatic carbocycles. The average molecular weight is 443 g/mol. The van der Waals surface area contributed by atoms with Crippen LogP contribution in [0, 0.1) is 0 Å². The molecule has 158 valence electrons. The van der Waals surface area contributed by atoms with E-state index in [1.807, 2.05) is 20.8 Å². The number of anilines is 3. The summed E-state index contributed by atoms with van der Waals surface area (Å²) in [7, 11) is 1.27. The number of rotatable bonds is 6. The van der Waals surface area contributed by atoms with E-state index in [1.54, 1.807) is 0 Å². The minimum atomic E-state index is -0.587. The number of hydrogen-bond donors (Lipinski definition) is 3. The molecule has 0 unspecified atom stereocenters. The normalized spacial score (nSPS) is 12.8. The van der Waals surface area contributed by atoms with Crippen molar-refractivity contribution in [1.29, 1.82) is 0 Å². The van der Waals surface area contributed by atoms with Crippen LogP contribution >= 0.6 is 23.2 Å². The van der Waals surface area contributed by atoms with E-state index >= 15 is 0 Å². The van der Waals surface area contributed by atoms with E-state index < -0.39 is 5.97 Å². The summed E-state index contributed by atoms with van der Waals surface area (Å²) in [5.74, 6) is 1.43. The Morgan fingerprint density at radius 1 is 1.17 bits per heavy atom. The van der Waals surface area contributed by atoms with Crippen LogP contribution < -0.4 is 16.4 Å². The molecule has 0 radical (unpaired) electrons. The van der Waals surface area contributed by atoms with E-state index in [2.05, 4.69) is 40.3 Å². The molecule has 0 spiro atoms. The highest BCUT2D eigenvalue weighted by Gasteiger charge is 2.29. The van der Waals surface area contributed by atoms with Gasteiger partial charge in [0.2, 0.25) is 17.2 Å². The Morgan fingerprint density at radius 2 is 1.83 bits per heavy atom. The number of esters is 1. The quantitative estimate of drug-likeness (QED) is 0.570. The van der Waals surface area contributed by atoms with E-state index in [1.165, 1.54) is 7.11 Å². The van der Waals surface area contributed by atoms with Crippen LogP contribution in [0.5, 0.6) is 0 Å². The van der Waals surface area contributed by atoms with Crippen LogP contribution in [0.1, 0.15) is 55.8 Å². The molecule has 2 heterocycles. The summed E-state index contributed by atoms with van der Waals surface area (Å²) >= 11 is 11.5. The number of nitrogens with two attached hydrogens (primary N) is 1. The molecule has 0 aliphatic heterocycles. The summed E-state index contributed by atoms with van der Waals surface area (Å²) in [6.07, 6.45) is 2.06. The lowest BCUT2D eigenvalue weighted by Gasteiger charge is -2.09. The number of carbonyl (C=O) groups excluding carboxylic acids is 1. The fourth-order valence-corrected chi connectivity index (χ4v) is 2.47. The van der Waals surface area contributed by atoms with E-state index in [-0.39, 0.29) is 27.9 Å². The van der Waals surface area contributed by atoms with Crippen LogP contribution in [0.3, 0.4) is 0 Å². The van der Waals surface area contributed by atoms with E-state index in [9.17, 15) is 4.79 Å². The second-order valence-corrected chi connectivity index (χ2v) is 7.19. The predicted molar refractivity (Wildman–Crippen MR) is 113 cm³/mol. The number of nitrogens with one attached hydrogen (secondary N) is 2. The first kappa shape index (κ1) is 22.8. The third kappa shape index (κ3) is 6.82. The lowest BCUT2D eigenvalue weighted by atomic mass is 10.3. The Bertz CT molecular complexity index is 862. The molecule has 29 heavy (non-hydrogen) atoms. The second kappa shape index (κ2) is 10.4. The number of nitrogens with zero attached hydrogens (tertiary/aromatic N) is 5. The monoisotopic (exact) mass is 442 g/mol. The van der Waals surface area contributed by atoms with E-state index in [0.717, 1.165) is 19.4 Å². The van der Waals surface area contributed by atoms with Gasteiger partial charge in [-0.15, -0.1) is 0 Å². The largest absolute Gasteiger partial charge is 0.464 e. The van der Waals surface area contributed by atoms with Crippen LogP contribution in [-0.2, 0) is 4.74 Å². The number of carbonyl (C=O) groups is 1. The lowest BCUT2D eigenvalue weighted by Crippen LogP contribution is -2.14. The predicted octanol–water partition coefficient (Wildman–Crippen LogP) is 3.15. The fraction of sp³-hybridized carbons (Fsp3) is 0.529. The van der Waals surface area contributed by atoms with Gasteiger partial charge in [0, 0.05) is 18.5 Å². The first-order chi connectivity index (χ1) is 13.7. The lowest BCUT2D eigenvalue weighted by molar-refractivity contribution is 0.0593. The second-order valence-electron chi connectivity index (χ2n) is 6.48. The number of methoxy groups -OCH3 is 1. The molecule has 1 aliphatic rings. The summed E-state index contributed by atoms with van der Waals surface area (Å²) in [5.41, 5.74) is 5.64. The van der Waals surface area contributed by atoms with Gasteiger partial charge in [0.05, 0.1) is 7.11 Å². The number of hydrogen-bond acceptors (Lipinski definition) is 10. The molecule has 1 fully saturated rings. The zero-order chi connectivity index (χ0) is 21.6. The molecule has 3 rings (SSSR count). The van der Waals surface area contributed by atoms with Crippen molar-refractivity contribution in [3.05, 3.63) is 21.8 Å². The molecule has 12 heteroatoms. The first-order valence-corrected chi connectivity index (χ1v) is 9.83. The topological polar surface area (TPSA) is 141 Å². The number of halogens is 2. The van der Waals surface area contributed by atoms with Crippen molar-refractivity contribution in [2.24, 2.45) is 0 Å². The van der Waals surface area contributed by atoms with Gasteiger partial charge in [-0.2, -0.15) is 15.0 Å². The van der Waals surface area contributed by atoms with Crippen molar-refractivity contribution in [2.45, 2.75) is 45.6 Å². The summed E-state index contributed by atoms with van der Waals surface area (Å²) in [6, 6.07) is 0.267. The Morgan fingerprint density at radius 3 is 2.38 bits per heavy atom. The summed E-state index contributed by atoms with van der Waals surface area (Å²) in [4.78, 5) is 31.4. The highest BCUT2D eigenvalue weighted by atomic mass is 35.5. The highest BCUT2D eigenvalue weighted by molar-refractivity contribution is 6.35. The van der Waals surface area contributed by atoms with Gasteiger partial charge in [0.25, 0.3) is 0 Å². The molecular formula is C17H24Cl2N8O2. The van der Waals surface area contributed by atoms with Crippen LogP contribution in [0.25, 0.3) is 0 Å².